The van der Waals surface area contributed by atoms with E-state index in [0.29, 0.717) is 22.5 Å². The van der Waals surface area contributed by atoms with Gasteiger partial charge in [0.25, 0.3) is 5.91 Å². The molecule has 1 aliphatic rings. The van der Waals surface area contributed by atoms with Gasteiger partial charge in [0, 0.05) is 16.1 Å². The molecule has 0 aliphatic heterocycles. The predicted molar refractivity (Wildman–Crippen MR) is 68.8 cm³/mol. The molecule has 1 N–H and O–H groups in total. The van der Waals surface area contributed by atoms with Crippen LogP contribution in [0.15, 0.2) is 22.7 Å². The maximum absolute atomic E-state index is 11.8. The lowest BCUT2D eigenvalue weighted by Crippen LogP contribution is -2.26. The first kappa shape index (κ1) is 11.9. The molecule has 1 aliphatic carbocycles. The fraction of sp³-hybridized carbons (Fsp3) is 0.417. The van der Waals surface area contributed by atoms with E-state index in [1.807, 2.05) is 0 Å². The molecule has 0 aromatic heterocycles. The Bertz CT molecular complexity index is 421. The van der Waals surface area contributed by atoms with Crippen LogP contribution in [0.3, 0.4) is 0 Å². The molecule has 86 valence electrons. The number of amides is 1. The summed E-state index contributed by atoms with van der Waals surface area (Å²) in [7, 11) is 0. The Balaban J connectivity index is 2.01. The second-order valence-electron chi connectivity index (χ2n) is 4.11. The van der Waals surface area contributed by atoms with Crippen molar-refractivity contribution in [1.29, 1.82) is 0 Å². The van der Waals surface area contributed by atoms with E-state index in [1.165, 1.54) is 0 Å². The second kappa shape index (κ2) is 4.76. The zero-order valence-corrected chi connectivity index (χ0v) is 11.3. The van der Waals surface area contributed by atoms with E-state index in [1.54, 1.807) is 18.2 Å². The van der Waals surface area contributed by atoms with E-state index in [0.717, 1.165) is 17.3 Å². The summed E-state index contributed by atoms with van der Waals surface area (Å²) in [5, 5.41) is 3.57. The van der Waals surface area contributed by atoms with Gasteiger partial charge >= 0.3 is 0 Å². The summed E-state index contributed by atoms with van der Waals surface area (Å²) in [4.78, 5) is 11.8. The van der Waals surface area contributed by atoms with Crippen LogP contribution in [-0.4, -0.2) is 11.9 Å². The molecule has 1 amide bonds. The molecule has 1 aromatic carbocycles. The molecule has 16 heavy (non-hydrogen) atoms. The third-order valence-electron chi connectivity index (χ3n) is 2.95. The van der Waals surface area contributed by atoms with Crippen molar-refractivity contribution in [2.24, 2.45) is 5.92 Å². The van der Waals surface area contributed by atoms with Gasteiger partial charge < -0.3 is 5.32 Å². The van der Waals surface area contributed by atoms with Crippen LogP contribution in [0.2, 0.25) is 5.02 Å². The highest BCUT2D eigenvalue weighted by molar-refractivity contribution is 9.10. The van der Waals surface area contributed by atoms with Gasteiger partial charge in [0.05, 0.1) is 5.02 Å². The van der Waals surface area contributed by atoms with Crippen molar-refractivity contribution in [3.63, 3.8) is 0 Å². The van der Waals surface area contributed by atoms with E-state index in [9.17, 15) is 4.79 Å². The number of nitrogens with one attached hydrogen (secondary N) is 1. The number of carbonyl (C=O) groups excluding carboxylic acids is 1. The predicted octanol–water partition coefficient (Wildman–Crippen LogP) is 3.63. The first-order valence-electron chi connectivity index (χ1n) is 5.37. The first-order valence-corrected chi connectivity index (χ1v) is 6.54. The van der Waals surface area contributed by atoms with Crippen LogP contribution in [0.5, 0.6) is 0 Å². The average Bonchev–Trinajstić information content (AvgIpc) is 3.00. The molecule has 0 spiro atoms. The van der Waals surface area contributed by atoms with E-state index in [-0.39, 0.29) is 5.91 Å². The molecule has 2 atom stereocenters. The van der Waals surface area contributed by atoms with E-state index in [2.05, 4.69) is 28.2 Å². The number of benzene rings is 1. The molecular weight excluding hydrogens is 289 g/mol. The molecule has 2 rings (SSSR count). The molecule has 0 bridgehead atoms. The normalized spacial score (nSPS) is 22.9. The number of carbonyl (C=O) groups is 1. The summed E-state index contributed by atoms with van der Waals surface area (Å²) in [5.74, 6) is 0.630. The van der Waals surface area contributed by atoms with Gasteiger partial charge in [0.15, 0.2) is 0 Å². The molecule has 1 saturated carbocycles. The first-order chi connectivity index (χ1) is 7.61. The topological polar surface area (TPSA) is 29.1 Å². The van der Waals surface area contributed by atoms with Crippen molar-refractivity contribution in [3.8, 4) is 0 Å². The summed E-state index contributed by atoms with van der Waals surface area (Å²) < 4.78 is 0.809. The van der Waals surface area contributed by atoms with Gasteiger partial charge in [0.2, 0.25) is 0 Å². The molecule has 1 aromatic rings. The van der Waals surface area contributed by atoms with Gasteiger partial charge in [-0.2, -0.15) is 0 Å². The van der Waals surface area contributed by atoms with Crippen LogP contribution < -0.4 is 5.32 Å². The zero-order valence-electron chi connectivity index (χ0n) is 8.97. The maximum atomic E-state index is 11.8. The van der Waals surface area contributed by atoms with Gasteiger partial charge in [-0.3, -0.25) is 4.79 Å². The van der Waals surface area contributed by atoms with Crippen LogP contribution in [0.25, 0.3) is 0 Å². The Hall–Kier alpha value is -0.540. The highest BCUT2D eigenvalue weighted by Crippen LogP contribution is 2.33. The lowest BCUT2D eigenvalue weighted by atomic mass is 10.2. The molecule has 4 heteroatoms. The van der Waals surface area contributed by atoms with Gasteiger partial charge in [-0.25, -0.2) is 0 Å². The Morgan fingerprint density at radius 2 is 2.38 bits per heavy atom. The van der Waals surface area contributed by atoms with Crippen molar-refractivity contribution < 1.29 is 4.79 Å². The van der Waals surface area contributed by atoms with E-state index in [4.69, 9.17) is 11.6 Å². The van der Waals surface area contributed by atoms with Crippen molar-refractivity contribution in [2.75, 3.05) is 0 Å². The minimum absolute atomic E-state index is 0.0321. The Kier molecular flexibility index (Phi) is 3.55. The van der Waals surface area contributed by atoms with Gasteiger partial charge in [-0.15, -0.1) is 0 Å². The third kappa shape index (κ3) is 2.58. The Labute approximate surface area is 108 Å². The van der Waals surface area contributed by atoms with E-state index < -0.39 is 0 Å². The molecule has 2 nitrogen and oxygen atoms in total. The van der Waals surface area contributed by atoms with Crippen molar-refractivity contribution in [3.05, 3.63) is 33.3 Å². The highest BCUT2D eigenvalue weighted by atomic mass is 79.9. The molecule has 0 heterocycles. The van der Waals surface area contributed by atoms with E-state index >= 15 is 0 Å². The SMILES string of the molecule is CCC1CC1NC(=O)c1ccc(Br)c(Cl)c1. The van der Waals surface area contributed by atoms with Gasteiger partial charge in [0.1, 0.15) is 0 Å². The summed E-state index contributed by atoms with van der Waals surface area (Å²) >= 11 is 9.24. The van der Waals surface area contributed by atoms with Crippen LogP contribution in [0.1, 0.15) is 30.1 Å². The second-order valence-corrected chi connectivity index (χ2v) is 5.37. The lowest BCUT2D eigenvalue weighted by molar-refractivity contribution is 0.0949. The standard InChI is InChI=1S/C12H13BrClNO/c1-2-7-6-11(7)15-12(16)8-3-4-9(13)10(14)5-8/h3-5,7,11H,2,6H2,1H3,(H,15,16). The summed E-state index contributed by atoms with van der Waals surface area (Å²) in [6.45, 7) is 2.15. The van der Waals surface area contributed by atoms with Gasteiger partial charge in [-0.05, 0) is 46.5 Å². The molecule has 1 fully saturated rings. The zero-order chi connectivity index (χ0) is 11.7. The minimum atomic E-state index is -0.0321. The highest BCUT2D eigenvalue weighted by Gasteiger charge is 2.36. The number of hydrogen-bond acceptors (Lipinski definition) is 1. The molecule has 2 unspecified atom stereocenters. The monoisotopic (exact) mass is 301 g/mol. The van der Waals surface area contributed by atoms with Crippen LogP contribution in [-0.2, 0) is 0 Å². The number of rotatable bonds is 3. The quantitative estimate of drug-likeness (QED) is 0.907. The number of halogens is 2. The largest absolute Gasteiger partial charge is 0.349 e. The van der Waals surface area contributed by atoms with Crippen molar-refractivity contribution in [2.45, 2.75) is 25.8 Å². The maximum Gasteiger partial charge on any atom is 0.251 e. The summed E-state index contributed by atoms with van der Waals surface area (Å²) in [6.07, 6.45) is 2.23. The number of hydrogen-bond donors (Lipinski definition) is 1. The molecule has 0 radical (unpaired) electrons. The lowest BCUT2D eigenvalue weighted by Gasteiger charge is -2.05. The smallest absolute Gasteiger partial charge is 0.251 e. The Morgan fingerprint density at radius 1 is 1.62 bits per heavy atom. The van der Waals surface area contributed by atoms with Crippen molar-refractivity contribution in [1.82, 2.24) is 5.32 Å². The van der Waals surface area contributed by atoms with Crippen LogP contribution >= 0.6 is 27.5 Å². The minimum Gasteiger partial charge on any atom is -0.349 e. The summed E-state index contributed by atoms with van der Waals surface area (Å²) in [6, 6.07) is 5.61. The van der Waals surface area contributed by atoms with Crippen molar-refractivity contribution >= 4 is 33.4 Å². The molecular formula is C12H13BrClNO. The van der Waals surface area contributed by atoms with Crippen LogP contribution in [0, 0.1) is 5.92 Å². The third-order valence-corrected chi connectivity index (χ3v) is 4.18. The van der Waals surface area contributed by atoms with Crippen LogP contribution in [0.4, 0.5) is 0 Å². The molecule has 0 saturated heterocycles. The fourth-order valence-corrected chi connectivity index (χ4v) is 2.19. The van der Waals surface area contributed by atoms with Gasteiger partial charge in [-0.1, -0.05) is 24.9 Å². The summed E-state index contributed by atoms with van der Waals surface area (Å²) in [5.41, 5.74) is 0.620. The Morgan fingerprint density at radius 3 is 2.94 bits per heavy atom. The fourth-order valence-electron chi connectivity index (χ4n) is 1.76. The average molecular weight is 303 g/mol.